The quantitative estimate of drug-likeness (QED) is 0.912. The van der Waals surface area contributed by atoms with E-state index in [1.54, 1.807) is 12.1 Å². The van der Waals surface area contributed by atoms with Crippen LogP contribution in [0.3, 0.4) is 0 Å². The third kappa shape index (κ3) is 3.15. The third-order valence-electron chi connectivity index (χ3n) is 3.47. The van der Waals surface area contributed by atoms with E-state index in [9.17, 15) is 4.79 Å². The Balaban J connectivity index is 1.86. The molecule has 112 valence electrons. The van der Waals surface area contributed by atoms with E-state index >= 15 is 0 Å². The summed E-state index contributed by atoms with van der Waals surface area (Å²) in [6.45, 7) is 1.60. The van der Waals surface area contributed by atoms with Crippen LogP contribution in [0.15, 0.2) is 59.6 Å². The topological polar surface area (TPSA) is 56.7 Å². The molecule has 2 aromatic rings. The number of nitrogens with one attached hydrogen (secondary N) is 2. The highest BCUT2D eigenvalue weighted by Crippen LogP contribution is 2.17. The van der Waals surface area contributed by atoms with Crippen molar-refractivity contribution in [3.8, 4) is 0 Å². The Hall–Kier alpha value is -2.66. The molecule has 0 bridgehead atoms. The minimum atomic E-state index is -0.127. The summed E-state index contributed by atoms with van der Waals surface area (Å²) in [7, 11) is 1.97. The van der Waals surface area contributed by atoms with Crippen molar-refractivity contribution < 1.29 is 4.79 Å². The average Bonchev–Trinajstić information content (AvgIpc) is 2.56. The maximum Gasteiger partial charge on any atom is 0.255 e. The number of likely N-dealkylation sites (N-methyl/N-ethyl adjacent to an activating group) is 1. The van der Waals surface area contributed by atoms with Crippen molar-refractivity contribution >= 4 is 17.4 Å². The third-order valence-corrected chi connectivity index (χ3v) is 3.47. The molecule has 5 heteroatoms. The van der Waals surface area contributed by atoms with Crippen LogP contribution in [0.1, 0.15) is 15.9 Å². The van der Waals surface area contributed by atoms with Gasteiger partial charge in [-0.2, -0.15) is 0 Å². The average molecular weight is 294 g/mol. The lowest BCUT2D eigenvalue weighted by atomic mass is 10.1. The van der Waals surface area contributed by atoms with Crippen molar-refractivity contribution in [3.63, 3.8) is 0 Å². The molecule has 1 heterocycles. The lowest BCUT2D eigenvalue weighted by Crippen LogP contribution is -2.45. The van der Waals surface area contributed by atoms with Gasteiger partial charge < -0.3 is 10.7 Å². The largest absolute Gasteiger partial charge is 0.321 e. The highest BCUT2D eigenvalue weighted by Gasteiger charge is 2.15. The van der Waals surface area contributed by atoms with Gasteiger partial charge in [-0.05, 0) is 24.3 Å². The zero-order chi connectivity index (χ0) is 15.4. The van der Waals surface area contributed by atoms with Crippen molar-refractivity contribution in [1.82, 2.24) is 10.4 Å². The zero-order valence-electron chi connectivity index (χ0n) is 12.4. The normalized spacial score (nSPS) is 14.9. The SMILES string of the molecule is CN1CCN=C(c2ccccc2NC(=O)c2ccccc2)N1. The van der Waals surface area contributed by atoms with Crippen molar-refractivity contribution in [2.24, 2.45) is 4.99 Å². The van der Waals surface area contributed by atoms with E-state index in [0.717, 1.165) is 30.2 Å². The van der Waals surface area contributed by atoms with Crippen LogP contribution < -0.4 is 10.7 Å². The molecule has 0 saturated carbocycles. The van der Waals surface area contributed by atoms with Gasteiger partial charge in [-0.25, -0.2) is 5.01 Å². The second-order valence-corrected chi connectivity index (χ2v) is 5.13. The first kappa shape index (κ1) is 14.3. The molecule has 0 unspecified atom stereocenters. The van der Waals surface area contributed by atoms with E-state index in [1.807, 2.05) is 54.5 Å². The van der Waals surface area contributed by atoms with Crippen LogP contribution in [-0.2, 0) is 0 Å². The fourth-order valence-corrected chi connectivity index (χ4v) is 2.31. The number of amidine groups is 1. The Bertz CT molecular complexity index is 697. The number of hydrogen-bond donors (Lipinski definition) is 2. The monoisotopic (exact) mass is 294 g/mol. The van der Waals surface area contributed by atoms with Crippen LogP contribution in [0, 0.1) is 0 Å². The second-order valence-electron chi connectivity index (χ2n) is 5.13. The van der Waals surface area contributed by atoms with Crippen LogP contribution in [0.5, 0.6) is 0 Å². The standard InChI is InChI=1S/C17H18N4O/c1-21-12-11-18-16(20-21)14-9-5-6-10-15(14)19-17(22)13-7-3-2-4-8-13/h2-10H,11-12H2,1H3,(H,18,20)(H,19,22). The number of nitrogens with zero attached hydrogens (tertiary/aromatic N) is 2. The molecular formula is C17H18N4O. The molecule has 0 fully saturated rings. The fourth-order valence-electron chi connectivity index (χ4n) is 2.31. The van der Waals surface area contributed by atoms with Gasteiger partial charge in [-0.15, -0.1) is 0 Å². The van der Waals surface area contributed by atoms with Crippen LogP contribution >= 0.6 is 0 Å². The lowest BCUT2D eigenvalue weighted by Gasteiger charge is -2.25. The van der Waals surface area contributed by atoms with Crippen molar-refractivity contribution in [1.29, 1.82) is 0 Å². The summed E-state index contributed by atoms with van der Waals surface area (Å²) in [5.74, 6) is 0.649. The molecule has 3 rings (SSSR count). The first-order valence-electron chi connectivity index (χ1n) is 7.22. The number of benzene rings is 2. The maximum absolute atomic E-state index is 12.3. The summed E-state index contributed by atoms with van der Waals surface area (Å²) in [6, 6.07) is 16.8. The van der Waals surface area contributed by atoms with Crippen molar-refractivity contribution in [3.05, 3.63) is 65.7 Å². The Kier molecular flexibility index (Phi) is 4.16. The van der Waals surface area contributed by atoms with E-state index in [0.29, 0.717) is 5.56 Å². The molecule has 2 N–H and O–H groups in total. The molecule has 0 spiro atoms. The number of amides is 1. The molecular weight excluding hydrogens is 276 g/mol. The molecule has 2 aromatic carbocycles. The van der Waals surface area contributed by atoms with E-state index in [-0.39, 0.29) is 5.91 Å². The van der Waals surface area contributed by atoms with Crippen LogP contribution in [0.2, 0.25) is 0 Å². The van der Waals surface area contributed by atoms with Gasteiger partial charge in [0.25, 0.3) is 5.91 Å². The highest BCUT2D eigenvalue weighted by atomic mass is 16.1. The molecule has 0 atom stereocenters. The first-order valence-corrected chi connectivity index (χ1v) is 7.22. The number of aliphatic imine (C=N–C) groups is 1. The predicted molar refractivity (Wildman–Crippen MR) is 88.0 cm³/mol. The van der Waals surface area contributed by atoms with E-state index in [2.05, 4.69) is 15.7 Å². The number of carbonyl (C=O) groups excluding carboxylic acids is 1. The Morgan fingerprint density at radius 3 is 2.64 bits per heavy atom. The molecule has 5 nitrogen and oxygen atoms in total. The van der Waals surface area contributed by atoms with Gasteiger partial charge in [-0.3, -0.25) is 9.79 Å². The van der Waals surface area contributed by atoms with Crippen LogP contribution in [0.25, 0.3) is 0 Å². The smallest absolute Gasteiger partial charge is 0.255 e. The number of rotatable bonds is 3. The minimum Gasteiger partial charge on any atom is -0.321 e. The zero-order valence-corrected chi connectivity index (χ0v) is 12.4. The minimum absolute atomic E-state index is 0.127. The fraction of sp³-hybridized carbons (Fsp3) is 0.176. The van der Waals surface area contributed by atoms with Crippen LogP contribution in [-0.4, -0.2) is 36.9 Å². The van der Waals surface area contributed by atoms with Crippen LogP contribution in [0.4, 0.5) is 5.69 Å². The Morgan fingerprint density at radius 1 is 1.14 bits per heavy atom. The Labute approximate surface area is 129 Å². The van der Waals surface area contributed by atoms with Gasteiger partial charge in [0.1, 0.15) is 5.84 Å². The van der Waals surface area contributed by atoms with Crippen molar-refractivity contribution in [2.45, 2.75) is 0 Å². The summed E-state index contributed by atoms with van der Waals surface area (Å²) in [5.41, 5.74) is 5.49. The number of hydrazine groups is 1. The molecule has 1 aliphatic heterocycles. The van der Waals surface area contributed by atoms with E-state index < -0.39 is 0 Å². The van der Waals surface area contributed by atoms with Gasteiger partial charge in [0.05, 0.1) is 12.2 Å². The summed E-state index contributed by atoms with van der Waals surface area (Å²) < 4.78 is 0. The predicted octanol–water partition coefficient (Wildman–Crippen LogP) is 2.14. The van der Waals surface area contributed by atoms with Gasteiger partial charge in [0, 0.05) is 24.7 Å². The number of anilines is 1. The summed E-state index contributed by atoms with van der Waals surface area (Å²) >= 11 is 0. The summed E-state index contributed by atoms with van der Waals surface area (Å²) in [6.07, 6.45) is 0. The van der Waals surface area contributed by atoms with Crippen molar-refractivity contribution in [2.75, 3.05) is 25.5 Å². The first-order chi connectivity index (χ1) is 10.7. The second kappa shape index (κ2) is 6.41. The Morgan fingerprint density at radius 2 is 1.86 bits per heavy atom. The summed E-state index contributed by atoms with van der Waals surface area (Å²) in [5, 5.41) is 4.94. The number of carbonyl (C=O) groups is 1. The molecule has 0 radical (unpaired) electrons. The molecule has 0 saturated heterocycles. The number of hydrogen-bond acceptors (Lipinski definition) is 4. The molecule has 1 aliphatic rings. The molecule has 1 amide bonds. The maximum atomic E-state index is 12.3. The van der Waals surface area contributed by atoms with Gasteiger partial charge in [-0.1, -0.05) is 30.3 Å². The van der Waals surface area contributed by atoms with Gasteiger partial charge in [0.15, 0.2) is 0 Å². The molecule has 0 aromatic heterocycles. The van der Waals surface area contributed by atoms with E-state index in [1.165, 1.54) is 0 Å². The molecule has 0 aliphatic carbocycles. The lowest BCUT2D eigenvalue weighted by molar-refractivity contribution is 0.102. The number of para-hydroxylation sites is 1. The van der Waals surface area contributed by atoms with Gasteiger partial charge >= 0.3 is 0 Å². The van der Waals surface area contributed by atoms with E-state index in [4.69, 9.17) is 0 Å². The van der Waals surface area contributed by atoms with Gasteiger partial charge in [0.2, 0.25) is 0 Å². The summed E-state index contributed by atoms with van der Waals surface area (Å²) in [4.78, 5) is 16.8. The molecule has 22 heavy (non-hydrogen) atoms. The highest BCUT2D eigenvalue weighted by molar-refractivity contribution is 6.10.